The minimum atomic E-state index is -0.889. The Kier molecular flexibility index (Phi) is 4.26. The molecular weight excluding hydrogens is 253 g/mol. The molecule has 1 aromatic rings. The number of aromatic nitrogens is 1. The summed E-state index contributed by atoms with van der Waals surface area (Å²) in [5.74, 6) is -1.90. The van der Waals surface area contributed by atoms with Gasteiger partial charge in [-0.15, -0.1) is 0 Å². The number of pyridine rings is 1. The van der Waals surface area contributed by atoms with Gasteiger partial charge < -0.3 is 4.74 Å². The molecule has 0 fully saturated rings. The van der Waals surface area contributed by atoms with E-state index in [1.807, 2.05) is 0 Å². The minimum Gasteiger partial charge on any atom is -0.468 e. The molecule has 0 saturated carbocycles. The quantitative estimate of drug-likeness (QED) is 0.363. The summed E-state index contributed by atoms with van der Waals surface area (Å²) in [6, 6.07) is 2.71. The Morgan fingerprint density at radius 3 is 2.25 bits per heavy atom. The Labute approximate surface area is 103 Å². The normalized spacial score (nSPS) is 12.0. The van der Waals surface area contributed by atoms with Crippen LogP contribution in [0.2, 0.25) is 10.3 Å². The molecule has 1 unspecified atom stereocenters. The van der Waals surface area contributed by atoms with E-state index < -0.39 is 17.7 Å². The molecule has 0 radical (unpaired) electrons. The molecule has 0 aliphatic carbocycles. The molecule has 86 valence electrons. The van der Waals surface area contributed by atoms with Crippen molar-refractivity contribution in [2.24, 2.45) is 5.92 Å². The monoisotopic (exact) mass is 261 g/mol. The second-order valence-corrected chi connectivity index (χ2v) is 3.88. The number of halogens is 2. The number of hydrogen-bond donors (Lipinski definition) is 0. The third-order valence-corrected chi connectivity index (χ3v) is 2.38. The summed E-state index contributed by atoms with van der Waals surface area (Å²) in [5, 5.41) is 0.209. The van der Waals surface area contributed by atoms with Crippen molar-refractivity contribution in [3.8, 4) is 0 Å². The number of carbonyl (C=O) groups is 2. The number of Topliss-reactive ketones (excluding diaryl/α,β-unsaturated/α-hetero) is 1. The van der Waals surface area contributed by atoms with E-state index in [4.69, 9.17) is 23.2 Å². The van der Waals surface area contributed by atoms with Crippen LogP contribution in [0.1, 0.15) is 17.3 Å². The van der Waals surface area contributed by atoms with Crippen LogP contribution in [0.25, 0.3) is 0 Å². The Bertz CT molecular complexity index is 414. The third-order valence-electron chi connectivity index (χ3n) is 2.00. The molecule has 6 heteroatoms. The summed E-state index contributed by atoms with van der Waals surface area (Å²) in [7, 11) is 1.22. The van der Waals surface area contributed by atoms with E-state index in [9.17, 15) is 9.59 Å². The van der Waals surface area contributed by atoms with E-state index in [1.54, 1.807) is 0 Å². The Morgan fingerprint density at radius 2 is 1.81 bits per heavy atom. The highest BCUT2D eigenvalue weighted by Crippen LogP contribution is 2.18. The number of esters is 1. The van der Waals surface area contributed by atoms with Gasteiger partial charge in [-0.3, -0.25) is 9.59 Å². The minimum absolute atomic E-state index is 0.105. The van der Waals surface area contributed by atoms with E-state index in [-0.39, 0.29) is 15.9 Å². The van der Waals surface area contributed by atoms with Crippen molar-refractivity contribution in [3.05, 3.63) is 28.0 Å². The summed E-state index contributed by atoms with van der Waals surface area (Å²) in [6.45, 7) is 1.45. The average molecular weight is 262 g/mol. The molecule has 0 aromatic carbocycles. The number of ketones is 1. The van der Waals surface area contributed by atoms with Gasteiger partial charge in [0.1, 0.15) is 16.2 Å². The first-order chi connectivity index (χ1) is 7.45. The van der Waals surface area contributed by atoms with E-state index in [1.165, 1.54) is 26.2 Å². The highest BCUT2D eigenvalue weighted by atomic mass is 35.5. The molecule has 1 aromatic heterocycles. The van der Waals surface area contributed by atoms with Gasteiger partial charge in [0.2, 0.25) is 0 Å². The van der Waals surface area contributed by atoms with E-state index in [0.717, 1.165) is 0 Å². The maximum Gasteiger partial charge on any atom is 0.316 e. The van der Waals surface area contributed by atoms with Crippen LogP contribution in [-0.2, 0) is 9.53 Å². The lowest BCUT2D eigenvalue weighted by atomic mass is 10.0. The zero-order chi connectivity index (χ0) is 12.3. The van der Waals surface area contributed by atoms with Gasteiger partial charge in [-0.1, -0.05) is 23.2 Å². The maximum absolute atomic E-state index is 11.8. The lowest BCUT2D eigenvalue weighted by molar-refractivity contribution is -0.143. The van der Waals surface area contributed by atoms with Crippen LogP contribution in [0.3, 0.4) is 0 Å². The first kappa shape index (κ1) is 12.9. The van der Waals surface area contributed by atoms with Gasteiger partial charge in [0.15, 0.2) is 5.78 Å². The fourth-order valence-electron chi connectivity index (χ4n) is 1.14. The first-order valence-electron chi connectivity index (χ1n) is 4.41. The smallest absolute Gasteiger partial charge is 0.316 e. The third kappa shape index (κ3) is 2.93. The van der Waals surface area contributed by atoms with Gasteiger partial charge in [-0.2, -0.15) is 0 Å². The summed E-state index contributed by atoms with van der Waals surface area (Å²) >= 11 is 11.3. The molecule has 0 N–H and O–H groups in total. The standard InChI is InChI=1S/C10H9Cl2NO3/c1-5(10(15)16-2)9(14)6-3-7(11)13-8(12)4-6/h3-5H,1-2H3. The molecule has 1 atom stereocenters. The lowest BCUT2D eigenvalue weighted by Crippen LogP contribution is -2.22. The molecule has 0 spiro atoms. The second kappa shape index (κ2) is 5.27. The molecule has 0 amide bonds. The molecule has 4 nitrogen and oxygen atoms in total. The number of methoxy groups -OCH3 is 1. The first-order valence-corrected chi connectivity index (χ1v) is 5.16. The molecule has 0 aliphatic rings. The molecule has 0 aliphatic heterocycles. The van der Waals surface area contributed by atoms with Crippen LogP contribution < -0.4 is 0 Å². The van der Waals surface area contributed by atoms with Crippen molar-refractivity contribution >= 4 is 35.0 Å². The summed E-state index contributed by atoms with van der Waals surface area (Å²) in [5.41, 5.74) is 0.239. The summed E-state index contributed by atoms with van der Waals surface area (Å²) < 4.78 is 4.47. The van der Waals surface area contributed by atoms with E-state index >= 15 is 0 Å². The van der Waals surface area contributed by atoms with Crippen LogP contribution in [0, 0.1) is 5.92 Å². The van der Waals surface area contributed by atoms with E-state index in [0.29, 0.717) is 0 Å². The van der Waals surface area contributed by atoms with Gasteiger partial charge in [0.25, 0.3) is 0 Å². The molecule has 1 rings (SSSR count). The fourth-order valence-corrected chi connectivity index (χ4v) is 1.60. The lowest BCUT2D eigenvalue weighted by Gasteiger charge is -2.08. The van der Waals surface area contributed by atoms with Crippen LogP contribution >= 0.6 is 23.2 Å². The Morgan fingerprint density at radius 1 is 1.31 bits per heavy atom. The van der Waals surface area contributed by atoms with Crippen molar-refractivity contribution in [2.45, 2.75) is 6.92 Å². The second-order valence-electron chi connectivity index (χ2n) is 3.11. The summed E-state index contributed by atoms with van der Waals surface area (Å²) in [6.07, 6.45) is 0. The van der Waals surface area contributed by atoms with Crippen molar-refractivity contribution in [2.75, 3.05) is 7.11 Å². The maximum atomic E-state index is 11.8. The van der Waals surface area contributed by atoms with Crippen LogP contribution in [0.5, 0.6) is 0 Å². The number of ether oxygens (including phenoxy) is 1. The number of hydrogen-bond acceptors (Lipinski definition) is 4. The molecule has 0 bridgehead atoms. The van der Waals surface area contributed by atoms with Gasteiger partial charge in [0, 0.05) is 5.56 Å². The van der Waals surface area contributed by atoms with Gasteiger partial charge in [0.05, 0.1) is 7.11 Å². The van der Waals surface area contributed by atoms with Crippen molar-refractivity contribution in [3.63, 3.8) is 0 Å². The molecule has 16 heavy (non-hydrogen) atoms. The van der Waals surface area contributed by atoms with Gasteiger partial charge in [-0.05, 0) is 19.1 Å². The highest BCUT2D eigenvalue weighted by Gasteiger charge is 2.24. The zero-order valence-electron chi connectivity index (χ0n) is 8.66. The molecule has 1 heterocycles. The fraction of sp³-hybridized carbons (Fsp3) is 0.300. The molecule has 0 saturated heterocycles. The number of rotatable bonds is 3. The predicted octanol–water partition coefficient (Wildman–Crippen LogP) is 2.38. The number of carbonyl (C=O) groups excluding carboxylic acids is 2. The summed E-state index contributed by atoms with van der Waals surface area (Å²) in [4.78, 5) is 26.7. The Hall–Kier alpha value is -1.13. The zero-order valence-corrected chi connectivity index (χ0v) is 10.2. The van der Waals surface area contributed by atoms with Crippen molar-refractivity contribution in [1.29, 1.82) is 0 Å². The van der Waals surface area contributed by atoms with Crippen LogP contribution in [-0.4, -0.2) is 23.8 Å². The van der Waals surface area contributed by atoms with Crippen LogP contribution in [0.15, 0.2) is 12.1 Å². The largest absolute Gasteiger partial charge is 0.468 e. The SMILES string of the molecule is COC(=O)C(C)C(=O)c1cc(Cl)nc(Cl)c1. The van der Waals surface area contributed by atoms with Crippen molar-refractivity contribution in [1.82, 2.24) is 4.98 Å². The van der Waals surface area contributed by atoms with Gasteiger partial charge in [-0.25, -0.2) is 4.98 Å². The predicted molar refractivity (Wildman–Crippen MR) is 59.8 cm³/mol. The van der Waals surface area contributed by atoms with Crippen LogP contribution in [0.4, 0.5) is 0 Å². The van der Waals surface area contributed by atoms with Gasteiger partial charge >= 0.3 is 5.97 Å². The van der Waals surface area contributed by atoms with E-state index in [2.05, 4.69) is 9.72 Å². The topological polar surface area (TPSA) is 56.3 Å². The Balaban J connectivity index is 3.00. The van der Waals surface area contributed by atoms with Crippen molar-refractivity contribution < 1.29 is 14.3 Å². The average Bonchev–Trinajstić information content (AvgIpc) is 2.24. The number of nitrogens with zero attached hydrogens (tertiary/aromatic N) is 1. The highest BCUT2D eigenvalue weighted by molar-refractivity contribution is 6.33. The molecular formula is C10H9Cl2NO3.